The molecule has 1 aliphatic rings. The van der Waals surface area contributed by atoms with Gasteiger partial charge in [0.05, 0.1) is 16.5 Å². The van der Waals surface area contributed by atoms with E-state index < -0.39 is 24.0 Å². The zero-order valence-electron chi connectivity index (χ0n) is 16.7. The van der Waals surface area contributed by atoms with E-state index in [1.807, 2.05) is 18.2 Å². The lowest BCUT2D eigenvalue weighted by molar-refractivity contribution is -0.146. The molecule has 0 bridgehead atoms. The first kappa shape index (κ1) is 20.1. The van der Waals surface area contributed by atoms with Crippen LogP contribution in [0.3, 0.4) is 0 Å². The lowest BCUT2D eigenvalue weighted by Crippen LogP contribution is -2.38. The summed E-state index contributed by atoms with van der Waals surface area (Å²) in [5.41, 5.74) is 13.9. The molecule has 4 aromatic rings. The highest BCUT2D eigenvalue weighted by Crippen LogP contribution is 2.43. The molecule has 7 nitrogen and oxygen atoms in total. The van der Waals surface area contributed by atoms with Crippen LogP contribution in [0.1, 0.15) is 23.2 Å². The molecule has 3 heterocycles. The van der Waals surface area contributed by atoms with Crippen molar-refractivity contribution in [1.82, 2.24) is 15.0 Å². The van der Waals surface area contributed by atoms with Crippen molar-refractivity contribution in [3.63, 3.8) is 0 Å². The van der Waals surface area contributed by atoms with E-state index in [1.165, 1.54) is 6.20 Å². The van der Waals surface area contributed by atoms with Gasteiger partial charge in [-0.1, -0.05) is 12.1 Å². The summed E-state index contributed by atoms with van der Waals surface area (Å²) in [6.45, 7) is 0. The second-order valence-corrected chi connectivity index (χ2v) is 7.99. The number of hydrogen-bond acceptors (Lipinski definition) is 5. The van der Waals surface area contributed by atoms with Crippen molar-refractivity contribution in [1.29, 1.82) is 0 Å². The molecule has 1 aliphatic carbocycles. The van der Waals surface area contributed by atoms with E-state index in [1.54, 1.807) is 18.3 Å². The van der Waals surface area contributed by atoms with E-state index in [9.17, 15) is 18.0 Å². The van der Waals surface area contributed by atoms with Crippen LogP contribution in [0, 0.1) is 5.92 Å². The van der Waals surface area contributed by atoms with Gasteiger partial charge in [0.1, 0.15) is 17.7 Å². The number of aromatic nitrogens is 3. The second-order valence-electron chi connectivity index (χ2n) is 7.99. The van der Waals surface area contributed by atoms with Gasteiger partial charge in [0, 0.05) is 28.9 Å². The highest BCUT2D eigenvalue weighted by Gasteiger charge is 2.49. The summed E-state index contributed by atoms with van der Waals surface area (Å²) in [5, 5.41) is 3.61. The van der Waals surface area contributed by atoms with E-state index in [0.29, 0.717) is 40.5 Å². The summed E-state index contributed by atoms with van der Waals surface area (Å²) < 4.78 is 40.9. The first-order valence-electron chi connectivity index (χ1n) is 10.0. The van der Waals surface area contributed by atoms with Crippen LogP contribution in [0.5, 0.6) is 0 Å². The first-order valence-corrected chi connectivity index (χ1v) is 10.0. The van der Waals surface area contributed by atoms with Crippen LogP contribution in [0.4, 0.5) is 24.8 Å². The van der Waals surface area contributed by atoms with E-state index in [2.05, 4.69) is 20.3 Å². The van der Waals surface area contributed by atoms with Gasteiger partial charge in [0.25, 0.3) is 5.91 Å². The lowest BCUT2D eigenvalue weighted by Gasteiger charge is -2.22. The third-order valence-electron chi connectivity index (χ3n) is 5.75. The minimum Gasteiger partial charge on any atom is -0.384 e. The van der Waals surface area contributed by atoms with Gasteiger partial charge in [0.2, 0.25) is 0 Å². The molecule has 6 N–H and O–H groups in total. The summed E-state index contributed by atoms with van der Waals surface area (Å²) in [6, 6.07) is 7.22. The number of anilines is 2. The van der Waals surface area contributed by atoms with Gasteiger partial charge in [-0.3, -0.25) is 4.79 Å². The first-order chi connectivity index (χ1) is 15.2. The number of nitrogens with zero attached hydrogens (tertiary/aromatic N) is 2. The summed E-state index contributed by atoms with van der Waals surface area (Å²) in [5.74, 6) is -0.758. The molecule has 0 saturated heterocycles. The van der Waals surface area contributed by atoms with Crippen molar-refractivity contribution < 1.29 is 18.0 Å². The maximum Gasteiger partial charge on any atom is 0.408 e. The maximum atomic E-state index is 13.6. The number of fused-ring (bicyclic) bond motifs is 3. The van der Waals surface area contributed by atoms with Crippen LogP contribution < -0.4 is 16.8 Å². The number of H-pyrrole nitrogens is 1. The Bertz CT molecular complexity index is 1340. The Kier molecular flexibility index (Phi) is 4.47. The zero-order valence-corrected chi connectivity index (χ0v) is 16.7. The molecule has 3 aromatic heterocycles. The number of carbonyl (C=O) groups is 1. The molecule has 5 rings (SSSR count). The minimum atomic E-state index is -4.42. The number of alkyl halides is 3. The highest BCUT2D eigenvalue weighted by atomic mass is 19.4. The normalized spacial score (nSPS) is 15.2. The van der Waals surface area contributed by atoms with Gasteiger partial charge in [-0.2, -0.15) is 13.2 Å². The number of primary amides is 1. The van der Waals surface area contributed by atoms with Gasteiger partial charge in [-0.05, 0) is 42.5 Å². The Labute approximate surface area is 180 Å². The fraction of sp³-hybridized carbons (Fsp3) is 0.227. The van der Waals surface area contributed by atoms with E-state index in [4.69, 9.17) is 11.5 Å². The number of amides is 1. The molecule has 32 heavy (non-hydrogen) atoms. The molecule has 164 valence electrons. The number of nitrogen functional groups attached to an aromatic ring is 1. The van der Waals surface area contributed by atoms with Crippen LogP contribution in [0.15, 0.2) is 42.7 Å². The van der Waals surface area contributed by atoms with Gasteiger partial charge in [-0.25, -0.2) is 9.97 Å². The third-order valence-corrected chi connectivity index (χ3v) is 5.75. The van der Waals surface area contributed by atoms with E-state index >= 15 is 0 Å². The lowest BCUT2D eigenvalue weighted by atomic mass is 10.0. The number of benzene rings is 1. The Balaban J connectivity index is 1.68. The van der Waals surface area contributed by atoms with Crippen molar-refractivity contribution >= 4 is 39.3 Å². The highest BCUT2D eigenvalue weighted by molar-refractivity contribution is 6.18. The number of halogens is 3. The molecule has 0 spiro atoms. The van der Waals surface area contributed by atoms with Crippen molar-refractivity contribution in [2.45, 2.75) is 25.1 Å². The molecule has 1 amide bonds. The molecule has 1 fully saturated rings. The number of hydrogen-bond donors (Lipinski definition) is 4. The van der Waals surface area contributed by atoms with Crippen molar-refractivity contribution in [3.8, 4) is 11.1 Å². The summed E-state index contributed by atoms with van der Waals surface area (Å²) >= 11 is 0. The van der Waals surface area contributed by atoms with Crippen molar-refractivity contribution in [2.24, 2.45) is 11.7 Å². The van der Waals surface area contributed by atoms with Crippen LogP contribution in [0.25, 0.3) is 32.9 Å². The quantitative estimate of drug-likeness (QED) is 0.370. The number of carbonyl (C=O) groups excluding carboxylic acids is 1. The predicted octanol–water partition coefficient (Wildman–Crippen LogP) is 4.21. The molecular weight excluding hydrogens is 421 g/mol. The van der Waals surface area contributed by atoms with Crippen LogP contribution >= 0.6 is 0 Å². The zero-order chi connectivity index (χ0) is 22.6. The minimum absolute atomic E-state index is 0.0624. The summed E-state index contributed by atoms with van der Waals surface area (Å²) in [4.78, 5) is 23.3. The molecule has 1 atom stereocenters. The van der Waals surface area contributed by atoms with E-state index in [-0.39, 0.29) is 11.4 Å². The molecule has 1 saturated carbocycles. The molecule has 1 unspecified atom stereocenters. The maximum absolute atomic E-state index is 13.6. The molecular formula is C22H19F3N6O. The topological polar surface area (TPSA) is 123 Å². The second kappa shape index (κ2) is 7.11. The fourth-order valence-corrected chi connectivity index (χ4v) is 4.00. The van der Waals surface area contributed by atoms with Crippen LogP contribution in [-0.4, -0.2) is 33.1 Å². The Morgan fingerprint density at radius 2 is 1.88 bits per heavy atom. The number of nitrogens with two attached hydrogens (primary N) is 2. The molecule has 1 aromatic carbocycles. The molecule has 0 aliphatic heterocycles. The van der Waals surface area contributed by atoms with E-state index in [0.717, 1.165) is 11.1 Å². The molecule has 0 radical (unpaired) electrons. The molecule has 10 heteroatoms. The fourth-order valence-electron chi connectivity index (χ4n) is 4.00. The van der Waals surface area contributed by atoms with Gasteiger partial charge in [-0.15, -0.1) is 0 Å². The average Bonchev–Trinajstić information content (AvgIpc) is 3.50. The summed E-state index contributed by atoms with van der Waals surface area (Å²) in [6.07, 6.45) is -0.572. The third kappa shape index (κ3) is 3.47. The number of rotatable bonds is 5. The van der Waals surface area contributed by atoms with Crippen molar-refractivity contribution in [2.75, 3.05) is 11.1 Å². The predicted molar refractivity (Wildman–Crippen MR) is 116 cm³/mol. The van der Waals surface area contributed by atoms with Crippen LogP contribution in [0.2, 0.25) is 0 Å². The van der Waals surface area contributed by atoms with Crippen molar-refractivity contribution in [3.05, 3.63) is 48.3 Å². The largest absolute Gasteiger partial charge is 0.408 e. The number of pyridine rings is 2. The average molecular weight is 440 g/mol. The Morgan fingerprint density at radius 1 is 1.12 bits per heavy atom. The smallest absolute Gasteiger partial charge is 0.384 e. The SMILES string of the molecule is NC(=O)c1cnc(NC(C2CC2)C(F)(F)F)c2c1[nH]c1cc(-c3ccc(N)nc3)ccc12. The summed E-state index contributed by atoms with van der Waals surface area (Å²) in [7, 11) is 0. The Hall–Kier alpha value is -3.82. The Morgan fingerprint density at radius 3 is 2.50 bits per heavy atom. The standard InChI is InChI=1S/C22H19F3N6O/c23-22(24,25)19(10-1-2-10)31-21-17-13-5-3-11(12-4-6-16(26)28-8-12)7-15(13)30-18(17)14(9-29-21)20(27)32/h3-10,19,30H,1-2H2,(H2,26,28)(H2,27,32)(H,29,31). The number of aromatic amines is 1. The number of nitrogens with one attached hydrogen (secondary N) is 2. The van der Waals surface area contributed by atoms with Crippen LogP contribution in [-0.2, 0) is 0 Å². The van der Waals surface area contributed by atoms with Gasteiger partial charge < -0.3 is 21.8 Å². The monoisotopic (exact) mass is 440 g/mol. The van der Waals surface area contributed by atoms with Gasteiger partial charge in [0.15, 0.2) is 0 Å². The van der Waals surface area contributed by atoms with Gasteiger partial charge >= 0.3 is 6.18 Å².